The summed E-state index contributed by atoms with van der Waals surface area (Å²) in [6.45, 7) is 0. The molecular weight excluding hydrogens is 350 g/mol. The van der Waals surface area contributed by atoms with E-state index in [1.165, 1.54) is 36.4 Å². The highest BCUT2D eigenvalue weighted by Gasteiger charge is 2.25. The molecule has 2 aromatic carbocycles. The van der Waals surface area contributed by atoms with Crippen LogP contribution in [0, 0.1) is 10.1 Å². The molecule has 2 rings (SSSR count). The average Bonchev–Trinajstić information content (AvgIpc) is 2.48. The van der Waals surface area contributed by atoms with Crippen molar-refractivity contribution in [3.05, 3.63) is 58.6 Å². The van der Waals surface area contributed by atoms with Crippen LogP contribution in [0.5, 0.6) is 0 Å². The van der Waals surface area contributed by atoms with Gasteiger partial charge in [-0.05, 0) is 30.3 Å². The Morgan fingerprint density at radius 1 is 1.09 bits per heavy atom. The number of benzene rings is 2. The van der Waals surface area contributed by atoms with Crippen molar-refractivity contribution < 1.29 is 22.1 Å². The first-order valence-electron chi connectivity index (χ1n) is 6.11. The minimum Gasteiger partial charge on any atom is -0.279 e. The van der Waals surface area contributed by atoms with E-state index in [2.05, 4.69) is 4.72 Å². The van der Waals surface area contributed by atoms with Gasteiger partial charge in [0, 0.05) is 16.6 Å². The van der Waals surface area contributed by atoms with E-state index >= 15 is 0 Å². The first-order chi connectivity index (χ1) is 10.8. The maximum Gasteiger partial charge on any atom is 0.289 e. The average molecular weight is 360 g/mol. The molecule has 0 fully saturated rings. The summed E-state index contributed by atoms with van der Waals surface area (Å²) < 4.78 is 51.1. The van der Waals surface area contributed by atoms with Gasteiger partial charge in [-0.15, -0.1) is 0 Å². The molecule has 2 aromatic rings. The van der Waals surface area contributed by atoms with Gasteiger partial charge in [0.2, 0.25) is 0 Å². The van der Waals surface area contributed by atoms with Crippen molar-refractivity contribution in [1.29, 1.82) is 0 Å². The molecule has 0 bridgehead atoms. The summed E-state index contributed by atoms with van der Waals surface area (Å²) in [5.74, 6) is -2.58. The van der Waals surface area contributed by atoms with Crippen LogP contribution in [0.25, 0.3) is 0 Å². The highest BCUT2D eigenvalue weighted by atomic mass is 32.2. The lowest BCUT2D eigenvalue weighted by Crippen LogP contribution is -2.14. The van der Waals surface area contributed by atoms with Gasteiger partial charge in [0.15, 0.2) is 4.90 Å². The standard InChI is InChI=1S/C13H10F2N2O4S2/c14-13(15)22-10-7-5-9(6-8-10)16-23(20,21)12-4-2-1-3-11(12)17(18)19/h1-8,13,16H. The number of nitrogens with zero attached hydrogens (tertiary/aromatic N) is 1. The summed E-state index contributed by atoms with van der Waals surface area (Å²) in [6.07, 6.45) is 0. The number of nitrogens with one attached hydrogen (secondary N) is 1. The van der Waals surface area contributed by atoms with Crippen molar-refractivity contribution in [3.8, 4) is 0 Å². The molecule has 6 nitrogen and oxygen atoms in total. The lowest BCUT2D eigenvalue weighted by Gasteiger charge is -2.09. The van der Waals surface area contributed by atoms with Crippen molar-refractivity contribution in [2.75, 3.05) is 4.72 Å². The maximum absolute atomic E-state index is 12.2. The predicted molar refractivity (Wildman–Crippen MR) is 82.2 cm³/mol. The Hall–Kier alpha value is -2.20. The largest absolute Gasteiger partial charge is 0.289 e. The zero-order valence-corrected chi connectivity index (χ0v) is 13.0. The normalized spacial score (nSPS) is 11.4. The van der Waals surface area contributed by atoms with E-state index in [4.69, 9.17) is 0 Å². The molecule has 0 aliphatic carbocycles. The summed E-state index contributed by atoms with van der Waals surface area (Å²) in [4.78, 5) is 9.91. The van der Waals surface area contributed by atoms with Crippen molar-refractivity contribution >= 4 is 33.2 Å². The fourth-order valence-electron chi connectivity index (χ4n) is 1.75. The molecule has 0 aliphatic heterocycles. The first-order valence-corrected chi connectivity index (χ1v) is 8.47. The van der Waals surface area contributed by atoms with E-state index in [1.807, 2.05) is 0 Å². The molecule has 122 valence electrons. The third kappa shape index (κ3) is 4.39. The number of thioether (sulfide) groups is 1. The monoisotopic (exact) mass is 360 g/mol. The van der Waals surface area contributed by atoms with Gasteiger partial charge in [0.25, 0.3) is 21.5 Å². The number of anilines is 1. The Labute approximate surface area is 134 Å². The molecule has 0 amide bonds. The van der Waals surface area contributed by atoms with Crippen LogP contribution >= 0.6 is 11.8 Å². The molecule has 0 radical (unpaired) electrons. The fraction of sp³-hybridized carbons (Fsp3) is 0.0769. The number of rotatable bonds is 6. The van der Waals surface area contributed by atoms with E-state index in [0.29, 0.717) is 11.8 Å². The lowest BCUT2D eigenvalue weighted by atomic mass is 10.3. The molecule has 10 heteroatoms. The van der Waals surface area contributed by atoms with Crippen LogP contribution in [0.1, 0.15) is 0 Å². The molecule has 0 aromatic heterocycles. The third-order valence-electron chi connectivity index (χ3n) is 2.68. The quantitative estimate of drug-likeness (QED) is 0.482. The molecule has 0 aliphatic rings. The van der Waals surface area contributed by atoms with Crippen LogP contribution in [-0.2, 0) is 10.0 Å². The smallest absolute Gasteiger partial charge is 0.279 e. The molecule has 0 saturated heterocycles. The molecule has 0 saturated carbocycles. The van der Waals surface area contributed by atoms with E-state index < -0.39 is 31.3 Å². The van der Waals surface area contributed by atoms with Crippen LogP contribution in [-0.4, -0.2) is 19.1 Å². The molecule has 23 heavy (non-hydrogen) atoms. The van der Waals surface area contributed by atoms with Crippen LogP contribution in [0.3, 0.4) is 0 Å². The van der Waals surface area contributed by atoms with E-state index in [0.717, 1.165) is 12.1 Å². The van der Waals surface area contributed by atoms with Crippen LogP contribution in [0.4, 0.5) is 20.2 Å². The van der Waals surface area contributed by atoms with Crippen LogP contribution < -0.4 is 4.72 Å². The van der Waals surface area contributed by atoms with Gasteiger partial charge in [-0.1, -0.05) is 23.9 Å². The summed E-state index contributed by atoms with van der Waals surface area (Å²) in [7, 11) is -4.17. The number of alkyl halides is 2. The number of halogens is 2. The molecule has 0 unspecified atom stereocenters. The summed E-state index contributed by atoms with van der Waals surface area (Å²) >= 11 is 0.328. The Bertz CT molecular complexity index is 811. The second-order valence-electron chi connectivity index (χ2n) is 4.23. The van der Waals surface area contributed by atoms with Gasteiger partial charge in [0.1, 0.15) is 0 Å². The van der Waals surface area contributed by atoms with E-state index in [-0.39, 0.29) is 10.6 Å². The highest BCUT2D eigenvalue weighted by molar-refractivity contribution is 7.99. The Morgan fingerprint density at radius 2 is 1.70 bits per heavy atom. The van der Waals surface area contributed by atoms with Gasteiger partial charge in [-0.3, -0.25) is 14.8 Å². The number of para-hydroxylation sites is 1. The van der Waals surface area contributed by atoms with Crippen LogP contribution in [0.15, 0.2) is 58.3 Å². The summed E-state index contributed by atoms with van der Waals surface area (Å²) in [6, 6.07) is 10.2. The molecule has 0 heterocycles. The molecular formula is C13H10F2N2O4S2. The topological polar surface area (TPSA) is 89.3 Å². The van der Waals surface area contributed by atoms with Gasteiger partial charge < -0.3 is 0 Å². The molecule has 0 atom stereocenters. The SMILES string of the molecule is O=[N+]([O-])c1ccccc1S(=O)(=O)Nc1ccc(SC(F)F)cc1. The van der Waals surface area contributed by atoms with Gasteiger partial charge >= 0.3 is 0 Å². The summed E-state index contributed by atoms with van der Waals surface area (Å²) in [5, 5.41) is 10.9. The van der Waals surface area contributed by atoms with Crippen LogP contribution in [0.2, 0.25) is 0 Å². The van der Waals surface area contributed by atoms with Gasteiger partial charge in [0.05, 0.1) is 4.92 Å². The van der Waals surface area contributed by atoms with Crippen molar-refractivity contribution in [3.63, 3.8) is 0 Å². The van der Waals surface area contributed by atoms with Crippen molar-refractivity contribution in [2.45, 2.75) is 15.5 Å². The second kappa shape index (κ2) is 6.92. The Balaban J connectivity index is 2.27. The van der Waals surface area contributed by atoms with Crippen molar-refractivity contribution in [2.24, 2.45) is 0 Å². The Kier molecular flexibility index (Phi) is 5.16. The summed E-state index contributed by atoms with van der Waals surface area (Å²) in [5.41, 5.74) is -0.438. The number of sulfonamides is 1. The van der Waals surface area contributed by atoms with Gasteiger partial charge in [-0.2, -0.15) is 8.78 Å². The maximum atomic E-state index is 12.2. The minimum absolute atomic E-state index is 0.113. The van der Waals surface area contributed by atoms with Crippen molar-refractivity contribution in [1.82, 2.24) is 0 Å². The predicted octanol–water partition coefficient (Wildman–Crippen LogP) is 3.71. The zero-order valence-electron chi connectivity index (χ0n) is 11.3. The first kappa shape index (κ1) is 17.2. The molecule has 1 N–H and O–H groups in total. The van der Waals surface area contributed by atoms with E-state index in [9.17, 15) is 27.3 Å². The molecule has 0 spiro atoms. The van der Waals surface area contributed by atoms with E-state index in [1.54, 1.807) is 0 Å². The van der Waals surface area contributed by atoms with Gasteiger partial charge in [-0.25, -0.2) is 8.42 Å². The zero-order chi connectivity index (χ0) is 17.0. The number of nitro benzene ring substituents is 1. The second-order valence-corrected chi connectivity index (χ2v) is 6.95. The fourth-order valence-corrected chi connectivity index (χ4v) is 3.48. The lowest BCUT2D eigenvalue weighted by molar-refractivity contribution is -0.387. The number of hydrogen-bond donors (Lipinski definition) is 1. The number of hydrogen-bond acceptors (Lipinski definition) is 5. The highest BCUT2D eigenvalue weighted by Crippen LogP contribution is 2.28. The third-order valence-corrected chi connectivity index (χ3v) is 4.83. The minimum atomic E-state index is -4.17. The Morgan fingerprint density at radius 3 is 2.26 bits per heavy atom. The number of nitro groups is 1.